The van der Waals surface area contributed by atoms with Crippen LogP contribution in [0.2, 0.25) is 0 Å². The summed E-state index contributed by atoms with van der Waals surface area (Å²) in [5.41, 5.74) is -0.272. The number of carbonyl (C=O) groups is 1. The van der Waals surface area contributed by atoms with Crippen molar-refractivity contribution in [2.45, 2.75) is 36.3 Å². The second kappa shape index (κ2) is 7.02. The van der Waals surface area contributed by atoms with E-state index in [0.717, 1.165) is 6.07 Å². The van der Waals surface area contributed by atoms with Gasteiger partial charge >= 0.3 is 23.9 Å². The summed E-state index contributed by atoms with van der Waals surface area (Å²) in [6.45, 7) is 0. The molecule has 162 valence electrons. The normalized spacial score (nSPS) is 20.8. The van der Waals surface area contributed by atoms with E-state index in [1.54, 1.807) is 0 Å². The molecule has 10 heteroatoms. The van der Waals surface area contributed by atoms with Crippen molar-refractivity contribution in [3.05, 3.63) is 71.3 Å². The zero-order valence-corrected chi connectivity index (χ0v) is 14.9. The summed E-state index contributed by atoms with van der Waals surface area (Å²) in [5, 5.41) is 0. The molecule has 2 atom stereocenters. The van der Waals surface area contributed by atoms with Crippen LogP contribution in [0.25, 0.3) is 0 Å². The molecule has 2 aromatic rings. The van der Waals surface area contributed by atoms with Crippen LogP contribution in [-0.4, -0.2) is 29.7 Å². The molecule has 1 aliphatic rings. The SMILES string of the molecule is O=C1c2ccccc2CC(c2ccccc2)C1C(F)(F)C(F)(F)C(F)(F)C(F)(F)F. The van der Waals surface area contributed by atoms with Crippen molar-refractivity contribution in [3.63, 3.8) is 0 Å². The zero-order valence-electron chi connectivity index (χ0n) is 14.9. The summed E-state index contributed by atoms with van der Waals surface area (Å²) < 4.78 is 122. The summed E-state index contributed by atoms with van der Waals surface area (Å²) >= 11 is 0. The number of carbonyl (C=O) groups excluding carboxylic acids is 1. The van der Waals surface area contributed by atoms with Crippen LogP contribution in [0.1, 0.15) is 27.4 Å². The summed E-state index contributed by atoms with van der Waals surface area (Å²) in [6.07, 6.45) is -7.36. The maximum absolute atomic E-state index is 14.8. The highest BCUT2D eigenvalue weighted by molar-refractivity contribution is 6.01. The largest absolute Gasteiger partial charge is 0.460 e. The number of hydrogen-bond donors (Lipinski definition) is 0. The Morgan fingerprint density at radius 3 is 1.80 bits per heavy atom. The van der Waals surface area contributed by atoms with Crippen LogP contribution in [0.15, 0.2) is 54.6 Å². The molecule has 3 rings (SSSR count). The number of alkyl halides is 9. The fourth-order valence-corrected chi connectivity index (χ4v) is 3.65. The number of halogens is 9. The minimum atomic E-state index is -7.05. The van der Waals surface area contributed by atoms with E-state index in [9.17, 15) is 44.3 Å². The van der Waals surface area contributed by atoms with Crippen molar-refractivity contribution in [1.29, 1.82) is 0 Å². The Balaban J connectivity index is 2.20. The first-order valence-corrected chi connectivity index (χ1v) is 8.60. The molecule has 2 aromatic carbocycles. The molecule has 0 aromatic heterocycles. The van der Waals surface area contributed by atoms with Crippen LogP contribution in [0.4, 0.5) is 39.5 Å². The average molecular weight is 440 g/mol. The Kier molecular flexibility index (Phi) is 5.19. The van der Waals surface area contributed by atoms with Gasteiger partial charge in [-0.15, -0.1) is 0 Å². The maximum atomic E-state index is 14.8. The monoisotopic (exact) mass is 440 g/mol. The number of ketones is 1. The number of benzene rings is 2. The Hall–Kier alpha value is -2.52. The highest BCUT2D eigenvalue weighted by atomic mass is 19.4. The van der Waals surface area contributed by atoms with Gasteiger partial charge in [0.1, 0.15) is 0 Å². The predicted molar refractivity (Wildman–Crippen MR) is 88.0 cm³/mol. The topological polar surface area (TPSA) is 17.1 Å². The summed E-state index contributed by atoms with van der Waals surface area (Å²) in [6, 6.07) is 11.7. The van der Waals surface area contributed by atoms with E-state index in [1.165, 1.54) is 48.5 Å². The molecular formula is C20H13F9O. The van der Waals surface area contributed by atoms with Gasteiger partial charge in [-0.2, -0.15) is 39.5 Å². The first-order chi connectivity index (χ1) is 13.7. The Bertz CT molecular complexity index is 935. The molecule has 0 saturated heterocycles. The fraction of sp³-hybridized carbons (Fsp3) is 0.350. The molecule has 0 fully saturated rings. The van der Waals surface area contributed by atoms with Crippen molar-refractivity contribution >= 4 is 5.78 Å². The molecule has 0 saturated carbocycles. The Morgan fingerprint density at radius 2 is 1.23 bits per heavy atom. The standard InChI is InChI=1S/C20H13F9O/c21-17(22,18(23,24)19(25,26)20(27,28)29)15-14(11-6-2-1-3-7-11)10-12-8-4-5-9-13(12)16(15)30/h1-9,14-15H,10H2. The first-order valence-electron chi connectivity index (χ1n) is 8.60. The van der Waals surface area contributed by atoms with Gasteiger partial charge in [-0.3, -0.25) is 4.79 Å². The van der Waals surface area contributed by atoms with Gasteiger partial charge in [0.05, 0.1) is 5.92 Å². The van der Waals surface area contributed by atoms with E-state index < -0.39 is 53.5 Å². The van der Waals surface area contributed by atoms with Crippen molar-refractivity contribution in [2.75, 3.05) is 0 Å². The molecule has 0 bridgehead atoms. The predicted octanol–water partition coefficient (Wildman–Crippen LogP) is 6.29. The molecule has 0 aliphatic heterocycles. The zero-order chi connectivity index (χ0) is 22.5. The van der Waals surface area contributed by atoms with E-state index in [2.05, 4.69) is 0 Å². The number of hydrogen-bond acceptors (Lipinski definition) is 1. The molecule has 30 heavy (non-hydrogen) atoms. The Morgan fingerprint density at radius 1 is 0.700 bits per heavy atom. The van der Waals surface area contributed by atoms with Crippen molar-refractivity contribution in [2.24, 2.45) is 5.92 Å². The third kappa shape index (κ3) is 3.16. The molecule has 1 aliphatic carbocycles. The van der Waals surface area contributed by atoms with Crippen LogP contribution in [-0.2, 0) is 6.42 Å². The van der Waals surface area contributed by atoms with Crippen LogP contribution in [0.3, 0.4) is 0 Å². The van der Waals surface area contributed by atoms with Crippen molar-refractivity contribution < 1.29 is 44.3 Å². The molecule has 0 radical (unpaired) electrons. The van der Waals surface area contributed by atoms with Crippen LogP contribution >= 0.6 is 0 Å². The van der Waals surface area contributed by atoms with Gasteiger partial charge in [-0.05, 0) is 17.5 Å². The van der Waals surface area contributed by atoms with E-state index >= 15 is 0 Å². The molecule has 2 unspecified atom stereocenters. The summed E-state index contributed by atoms with van der Waals surface area (Å²) in [4.78, 5) is 12.7. The van der Waals surface area contributed by atoms with Crippen molar-refractivity contribution in [1.82, 2.24) is 0 Å². The third-order valence-electron chi connectivity index (χ3n) is 5.19. The number of rotatable bonds is 4. The Labute approximate surface area is 164 Å². The van der Waals surface area contributed by atoms with E-state index in [-0.39, 0.29) is 11.1 Å². The summed E-state index contributed by atoms with van der Waals surface area (Å²) in [7, 11) is 0. The van der Waals surface area contributed by atoms with Gasteiger partial charge in [-0.25, -0.2) is 0 Å². The molecule has 0 amide bonds. The lowest BCUT2D eigenvalue weighted by molar-refractivity contribution is -0.401. The molecule has 1 nitrogen and oxygen atoms in total. The van der Waals surface area contributed by atoms with Crippen LogP contribution in [0, 0.1) is 5.92 Å². The highest BCUT2D eigenvalue weighted by Gasteiger charge is 2.84. The van der Waals surface area contributed by atoms with Gasteiger partial charge in [0, 0.05) is 11.5 Å². The minimum absolute atomic E-state index is 0.0591. The smallest absolute Gasteiger partial charge is 0.294 e. The quantitative estimate of drug-likeness (QED) is 0.511. The maximum Gasteiger partial charge on any atom is 0.460 e. The summed E-state index contributed by atoms with van der Waals surface area (Å²) in [5.74, 6) is -26.4. The van der Waals surface area contributed by atoms with E-state index in [4.69, 9.17) is 0 Å². The lowest BCUT2D eigenvalue weighted by Crippen LogP contribution is -2.65. The second-order valence-electron chi connectivity index (χ2n) is 6.99. The van der Waals surface area contributed by atoms with Gasteiger partial charge in [-0.1, -0.05) is 54.6 Å². The number of Topliss-reactive ketones (excluding diaryl/α,β-unsaturated/α-hetero) is 1. The van der Waals surface area contributed by atoms with Gasteiger partial charge in [0.2, 0.25) is 0 Å². The molecule has 0 N–H and O–H groups in total. The van der Waals surface area contributed by atoms with E-state index in [1.807, 2.05) is 0 Å². The minimum Gasteiger partial charge on any atom is -0.294 e. The fourth-order valence-electron chi connectivity index (χ4n) is 3.65. The molecule has 0 heterocycles. The molecule has 0 spiro atoms. The van der Waals surface area contributed by atoms with Gasteiger partial charge < -0.3 is 0 Å². The highest BCUT2D eigenvalue weighted by Crippen LogP contribution is 2.58. The van der Waals surface area contributed by atoms with Gasteiger partial charge in [0.15, 0.2) is 5.78 Å². The van der Waals surface area contributed by atoms with Crippen molar-refractivity contribution in [3.8, 4) is 0 Å². The lowest BCUT2D eigenvalue weighted by atomic mass is 9.67. The van der Waals surface area contributed by atoms with Crippen LogP contribution < -0.4 is 0 Å². The van der Waals surface area contributed by atoms with Crippen LogP contribution in [0.5, 0.6) is 0 Å². The second-order valence-corrected chi connectivity index (χ2v) is 6.99. The number of fused-ring (bicyclic) bond motifs is 1. The average Bonchev–Trinajstić information content (AvgIpc) is 2.67. The van der Waals surface area contributed by atoms with Gasteiger partial charge in [0.25, 0.3) is 0 Å². The molecular weight excluding hydrogens is 427 g/mol. The lowest BCUT2D eigenvalue weighted by Gasteiger charge is -2.42. The first kappa shape index (κ1) is 22.2. The third-order valence-corrected chi connectivity index (χ3v) is 5.19. The van der Waals surface area contributed by atoms with E-state index in [0.29, 0.717) is 0 Å².